The van der Waals surface area contributed by atoms with Crippen LogP contribution in [0.3, 0.4) is 0 Å². The Kier molecular flexibility index (Phi) is 5.60. The van der Waals surface area contributed by atoms with Crippen LogP contribution in [-0.4, -0.2) is 47.0 Å². The predicted molar refractivity (Wildman–Crippen MR) is 97.0 cm³/mol. The molecule has 0 saturated carbocycles. The lowest BCUT2D eigenvalue weighted by Crippen LogP contribution is -2.37. The fraction of sp³-hybridized carbons (Fsp3) is 0.471. The molecule has 0 unspecified atom stereocenters. The Morgan fingerprint density at radius 1 is 1.16 bits per heavy atom. The van der Waals surface area contributed by atoms with E-state index in [0.29, 0.717) is 24.8 Å². The van der Waals surface area contributed by atoms with Gasteiger partial charge in [-0.15, -0.1) is 0 Å². The van der Waals surface area contributed by atoms with Gasteiger partial charge in [-0.2, -0.15) is 0 Å². The second-order valence-electron chi connectivity index (χ2n) is 6.41. The maximum absolute atomic E-state index is 11.6. The molecule has 134 valence electrons. The number of aromatic nitrogens is 3. The molecule has 1 saturated heterocycles. The third kappa shape index (κ3) is 5.20. The number of piperidine rings is 1. The molecule has 0 aromatic carbocycles. The lowest BCUT2D eigenvalue weighted by Gasteiger charge is -2.30. The van der Waals surface area contributed by atoms with Gasteiger partial charge in [-0.1, -0.05) is 0 Å². The molecule has 3 heterocycles. The summed E-state index contributed by atoms with van der Waals surface area (Å²) in [6.07, 6.45) is 11.9. The SMILES string of the molecule is CS(=O)(=O)N1CCC(CCc2ccnc(Nc3cnccn3)c2)CC1. The monoisotopic (exact) mass is 361 g/mol. The molecule has 0 amide bonds. The van der Waals surface area contributed by atoms with Crippen molar-refractivity contribution in [3.63, 3.8) is 0 Å². The standard InChI is InChI=1S/C17H23N5O2S/c1-25(23,24)22-10-5-14(6-11-22)2-3-15-4-7-19-16(12-15)21-17-13-18-8-9-20-17/h4,7-9,12-14H,2-3,5-6,10-11H2,1H3,(H,19,20,21). The number of sulfonamides is 1. The first kappa shape index (κ1) is 17.8. The largest absolute Gasteiger partial charge is 0.324 e. The van der Waals surface area contributed by atoms with Gasteiger partial charge in [0.05, 0.1) is 12.5 Å². The molecule has 7 nitrogen and oxygen atoms in total. The molecule has 1 aliphatic heterocycles. The lowest BCUT2D eigenvalue weighted by molar-refractivity contribution is 0.265. The molecule has 2 aromatic rings. The van der Waals surface area contributed by atoms with Crippen LogP contribution in [0, 0.1) is 5.92 Å². The van der Waals surface area contributed by atoms with Gasteiger partial charge in [0, 0.05) is 31.7 Å². The number of hydrogen-bond acceptors (Lipinski definition) is 6. The van der Waals surface area contributed by atoms with Crippen LogP contribution in [-0.2, 0) is 16.4 Å². The maximum Gasteiger partial charge on any atom is 0.211 e. The smallest absolute Gasteiger partial charge is 0.211 e. The van der Waals surface area contributed by atoms with Crippen molar-refractivity contribution in [1.29, 1.82) is 0 Å². The number of nitrogens with one attached hydrogen (secondary N) is 1. The van der Waals surface area contributed by atoms with Gasteiger partial charge in [-0.3, -0.25) is 4.98 Å². The summed E-state index contributed by atoms with van der Waals surface area (Å²) >= 11 is 0. The van der Waals surface area contributed by atoms with E-state index in [1.54, 1.807) is 29.1 Å². The van der Waals surface area contributed by atoms with E-state index in [-0.39, 0.29) is 0 Å². The molecule has 1 aliphatic rings. The molecule has 3 rings (SSSR count). The van der Waals surface area contributed by atoms with Gasteiger partial charge >= 0.3 is 0 Å². The van der Waals surface area contributed by atoms with Crippen molar-refractivity contribution in [2.24, 2.45) is 5.92 Å². The van der Waals surface area contributed by atoms with E-state index in [0.717, 1.165) is 31.5 Å². The van der Waals surface area contributed by atoms with Crippen molar-refractivity contribution in [2.75, 3.05) is 24.7 Å². The van der Waals surface area contributed by atoms with E-state index in [9.17, 15) is 8.42 Å². The van der Waals surface area contributed by atoms with Gasteiger partial charge in [0.15, 0.2) is 0 Å². The first-order valence-electron chi connectivity index (χ1n) is 8.44. The number of pyridine rings is 1. The highest BCUT2D eigenvalue weighted by molar-refractivity contribution is 7.88. The summed E-state index contributed by atoms with van der Waals surface area (Å²) < 4.78 is 24.7. The average molecular weight is 361 g/mol. The normalized spacial score (nSPS) is 16.7. The second-order valence-corrected chi connectivity index (χ2v) is 8.39. The number of rotatable bonds is 6. The zero-order valence-electron chi connectivity index (χ0n) is 14.3. The minimum absolute atomic E-state index is 0.572. The highest BCUT2D eigenvalue weighted by Gasteiger charge is 2.24. The summed E-state index contributed by atoms with van der Waals surface area (Å²) in [4.78, 5) is 12.5. The van der Waals surface area contributed by atoms with Crippen LogP contribution >= 0.6 is 0 Å². The molecule has 1 N–H and O–H groups in total. The van der Waals surface area contributed by atoms with Gasteiger partial charge in [-0.25, -0.2) is 22.7 Å². The third-order valence-electron chi connectivity index (χ3n) is 4.53. The van der Waals surface area contributed by atoms with Crippen molar-refractivity contribution in [1.82, 2.24) is 19.3 Å². The van der Waals surface area contributed by atoms with Gasteiger partial charge in [0.2, 0.25) is 10.0 Å². The summed E-state index contributed by atoms with van der Waals surface area (Å²) in [6, 6.07) is 4.05. The van der Waals surface area contributed by atoms with Crippen LogP contribution < -0.4 is 5.32 Å². The van der Waals surface area contributed by atoms with Crippen molar-refractivity contribution in [3.05, 3.63) is 42.5 Å². The Labute approximate surface area is 148 Å². The first-order valence-corrected chi connectivity index (χ1v) is 10.3. The maximum atomic E-state index is 11.6. The van der Waals surface area contributed by atoms with Crippen molar-refractivity contribution >= 4 is 21.7 Å². The lowest BCUT2D eigenvalue weighted by atomic mass is 9.91. The summed E-state index contributed by atoms with van der Waals surface area (Å²) in [5, 5.41) is 3.15. The van der Waals surface area contributed by atoms with E-state index in [2.05, 4.69) is 20.3 Å². The van der Waals surface area contributed by atoms with E-state index in [4.69, 9.17) is 0 Å². The molecule has 1 fully saturated rings. The van der Waals surface area contributed by atoms with E-state index in [1.165, 1.54) is 11.8 Å². The van der Waals surface area contributed by atoms with Crippen LogP contribution in [0.1, 0.15) is 24.8 Å². The van der Waals surface area contributed by atoms with Gasteiger partial charge in [0.1, 0.15) is 11.6 Å². The average Bonchev–Trinajstić information content (AvgIpc) is 2.61. The molecule has 2 aromatic heterocycles. The molecule has 0 radical (unpaired) electrons. The van der Waals surface area contributed by atoms with E-state index in [1.807, 2.05) is 12.1 Å². The number of anilines is 2. The summed E-state index contributed by atoms with van der Waals surface area (Å²) in [7, 11) is -3.05. The number of aryl methyl sites for hydroxylation is 1. The Hall–Kier alpha value is -2.06. The minimum atomic E-state index is -3.05. The third-order valence-corrected chi connectivity index (χ3v) is 5.83. The Morgan fingerprint density at radius 2 is 1.92 bits per heavy atom. The minimum Gasteiger partial charge on any atom is -0.324 e. The summed E-state index contributed by atoms with van der Waals surface area (Å²) in [5.74, 6) is 1.99. The van der Waals surface area contributed by atoms with Gasteiger partial charge in [-0.05, 0) is 49.3 Å². The number of nitrogens with zero attached hydrogens (tertiary/aromatic N) is 4. The molecule has 0 aliphatic carbocycles. The quantitative estimate of drug-likeness (QED) is 0.849. The zero-order valence-corrected chi connectivity index (χ0v) is 15.1. The fourth-order valence-corrected chi connectivity index (χ4v) is 3.97. The molecule has 25 heavy (non-hydrogen) atoms. The first-order chi connectivity index (χ1) is 12.0. The molecular weight excluding hydrogens is 338 g/mol. The molecule has 0 atom stereocenters. The van der Waals surface area contributed by atoms with Crippen molar-refractivity contribution in [2.45, 2.75) is 25.7 Å². The Morgan fingerprint density at radius 3 is 2.60 bits per heavy atom. The van der Waals surface area contributed by atoms with Gasteiger partial charge in [0.25, 0.3) is 0 Å². The topological polar surface area (TPSA) is 88.1 Å². The van der Waals surface area contributed by atoms with Crippen LogP contribution in [0.5, 0.6) is 0 Å². The predicted octanol–water partition coefficient (Wildman–Crippen LogP) is 2.22. The van der Waals surface area contributed by atoms with Crippen LogP contribution in [0.25, 0.3) is 0 Å². The van der Waals surface area contributed by atoms with Crippen LogP contribution in [0.4, 0.5) is 11.6 Å². The zero-order chi connectivity index (χ0) is 17.7. The molecule has 8 heteroatoms. The van der Waals surface area contributed by atoms with E-state index >= 15 is 0 Å². The van der Waals surface area contributed by atoms with E-state index < -0.39 is 10.0 Å². The Bertz CT molecular complexity index is 790. The van der Waals surface area contributed by atoms with Crippen molar-refractivity contribution < 1.29 is 8.42 Å². The van der Waals surface area contributed by atoms with Gasteiger partial charge < -0.3 is 5.32 Å². The Balaban J connectivity index is 1.52. The molecular formula is C17H23N5O2S. The summed E-state index contributed by atoms with van der Waals surface area (Å²) in [6.45, 7) is 1.28. The molecule has 0 bridgehead atoms. The highest BCUT2D eigenvalue weighted by atomic mass is 32.2. The van der Waals surface area contributed by atoms with Crippen LogP contribution in [0.2, 0.25) is 0 Å². The fourth-order valence-electron chi connectivity index (χ4n) is 3.09. The van der Waals surface area contributed by atoms with Crippen molar-refractivity contribution in [3.8, 4) is 0 Å². The molecule has 0 spiro atoms. The van der Waals surface area contributed by atoms with Crippen LogP contribution in [0.15, 0.2) is 36.9 Å². The summed E-state index contributed by atoms with van der Waals surface area (Å²) in [5.41, 5.74) is 1.21. The number of hydrogen-bond donors (Lipinski definition) is 1. The second kappa shape index (κ2) is 7.88. The highest BCUT2D eigenvalue weighted by Crippen LogP contribution is 2.24.